The van der Waals surface area contributed by atoms with Crippen molar-refractivity contribution in [1.82, 2.24) is 0 Å². The molecule has 1 aliphatic rings. The van der Waals surface area contributed by atoms with E-state index < -0.39 is 0 Å². The average molecular weight is 543 g/mol. The molecule has 1 heterocycles. The van der Waals surface area contributed by atoms with Gasteiger partial charge in [0.1, 0.15) is 5.75 Å². The quantitative estimate of drug-likeness (QED) is 0.273. The second-order valence-corrected chi connectivity index (χ2v) is 9.38. The summed E-state index contributed by atoms with van der Waals surface area (Å²) in [7, 11) is 1.54. The molecule has 1 amide bonds. The smallest absolute Gasteiger partial charge is 0.270 e. The van der Waals surface area contributed by atoms with E-state index >= 15 is 0 Å². The zero-order valence-corrected chi connectivity index (χ0v) is 21.2. The maximum atomic E-state index is 13.1. The Hall–Kier alpha value is -1.74. The van der Waals surface area contributed by atoms with E-state index in [-0.39, 0.29) is 5.91 Å². The molecule has 0 saturated carbocycles. The van der Waals surface area contributed by atoms with Crippen LogP contribution in [0.15, 0.2) is 39.7 Å². The number of nitrogens with zero attached hydrogens (tertiary/aromatic N) is 1. The summed E-state index contributed by atoms with van der Waals surface area (Å²) >= 11 is 16.5. The summed E-state index contributed by atoms with van der Waals surface area (Å²) < 4.78 is 18.0. The number of hydrogen-bond acceptors (Lipinski definition) is 6. The Morgan fingerprint density at radius 2 is 1.97 bits per heavy atom. The van der Waals surface area contributed by atoms with Crippen molar-refractivity contribution in [2.24, 2.45) is 0 Å². The topological polar surface area (TPSA) is 48.0 Å². The lowest BCUT2D eigenvalue weighted by atomic mass is 10.1. The van der Waals surface area contributed by atoms with Crippen molar-refractivity contribution >= 4 is 73.5 Å². The predicted octanol–water partition coefficient (Wildman–Crippen LogP) is 6.70. The maximum Gasteiger partial charge on any atom is 0.270 e. The van der Waals surface area contributed by atoms with Gasteiger partial charge >= 0.3 is 0 Å². The Morgan fingerprint density at radius 1 is 1.19 bits per heavy atom. The van der Waals surface area contributed by atoms with Gasteiger partial charge in [0, 0.05) is 0 Å². The fourth-order valence-electron chi connectivity index (χ4n) is 2.91. The Balaban J connectivity index is 1.93. The number of carbonyl (C=O) groups is 1. The summed E-state index contributed by atoms with van der Waals surface area (Å²) in [6.07, 6.45) is 2.68. The van der Waals surface area contributed by atoms with Gasteiger partial charge in [-0.05, 0) is 71.2 Å². The van der Waals surface area contributed by atoms with Crippen LogP contribution in [0.4, 0.5) is 5.69 Å². The van der Waals surface area contributed by atoms with Gasteiger partial charge in [0.25, 0.3) is 5.91 Å². The Kier molecular flexibility index (Phi) is 8.27. The molecule has 1 aliphatic heterocycles. The third kappa shape index (κ3) is 5.37. The van der Waals surface area contributed by atoms with Crippen LogP contribution in [0.25, 0.3) is 6.08 Å². The second-order valence-electron chi connectivity index (χ2n) is 6.45. The molecule has 0 N–H and O–H groups in total. The number of hydrogen-bond donors (Lipinski definition) is 0. The summed E-state index contributed by atoms with van der Waals surface area (Å²) in [5.74, 6) is 1.59. The minimum Gasteiger partial charge on any atom is -0.495 e. The molecule has 9 heteroatoms. The van der Waals surface area contributed by atoms with E-state index in [1.165, 1.54) is 23.8 Å². The number of thioether (sulfide) groups is 1. The van der Waals surface area contributed by atoms with Crippen LogP contribution in [0.3, 0.4) is 0 Å². The molecule has 0 radical (unpaired) electrons. The highest BCUT2D eigenvalue weighted by atomic mass is 79.9. The van der Waals surface area contributed by atoms with E-state index in [9.17, 15) is 4.79 Å². The average Bonchev–Trinajstić information content (AvgIpc) is 3.00. The largest absolute Gasteiger partial charge is 0.495 e. The van der Waals surface area contributed by atoms with Crippen LogP contribution < -0.4 is 19.1 Å². The van der Waals surface area contributed by atoms with Crippen molar-refractivity contribution < 1.29 is 19.0 Å². The molecule has 0 bridgehead atoms. The molecular formula is C22H21BrClNO4S2. The van der Waals surface area contributed by atoms with Crippen LogP contribution in [-0.2, 0) is 4.79 Å². The Labute approximate surface area is 204 Å². The van der Waals surface area contributed by atoms with Crippen LogP contribution in [0.5, 0.6) is 17.2 Å². The summed E-state index contributed by atoms with van der Waals surface area (Å²) in [6, 6.07) is 8.88. The predicted molar refractivity (Wildman–Crippen MR) is 135 cm³/mol. The number of halogens is 2. The molecule has 0 unspecified atom stereocenters. The van der Waals surface area contributed by atoms with Gasteiger partial charge in [-0.25, -0.2) is 0 Å². The van der Waals surface area contributed by atoms with E-state index in [0.717, 1.165) is 16.5 Å². The van der Waals surface area contributed by atoms with Crippen LogP contribution in [-0.4, -0.2) is 30.6 Å². The van der Waals surface area contributed by atoms with E-state index in [1.807, 2.05) is 26.0 Å². The Bertz CT molecular complexity index is 1040. The third-order valence-corrected chi connectivity index (χ3v) is 6.45. The van der Waals surface area contributed by atoms with Gasteiger partial charge in [-0.15, -0.1) is 0 Å². The number of carbonyl (C=O) groups excluding carboxylic acids is 1. The summed E-state index contributed by atoms with van der Waals surface area (Å²) in [4.78, 5) is 15.1. The van der Waals surface area contributed by atoms with E-state index in [0.29, 0.717) is 50.4 Å². The van der Waals surface area contributed by atoms with Crippen molar-refractivity contribution in [2.75, 3.05) is 25.2 Å². The van der Waals surface area contributed by atoms with Crippen LogP contribution in [0, 0.1) is 0 Å². The van der Waals surface area contributed by atoms with Gasteiger partial charge in [0.15, 0.2) is 15.8 Å². The van der Waals surface area contributed by atoms with Crippen molar-refractivity contribution in [1.29, 1.82) is 0 Å². The highest BCUT2D eigenvalue weighted by Gasteiger charge is 2.33. The van der Waals surface area contributed by atoms with Gasteiger partial charge in [0.2, 0.25) is 0 Å². The SMILES string of the molecule is CCCOc1c(Br)cc(/C=C2\SC(=S)N(c3ccc(OC)c(Cl)c3)C2=O)cc1OCC. The number of amides is 1. The number of anilines is 1. The minimum atomic E-state index is -0.211. The fourth-order valence-corrected chi connectivity index (χ4v) is 5.04. The lowest BCUT2D eigenvalue weighted by Gasteiger charge is -2.16. The molecule has 0 spiro atoms. The molecule has 1 saturated heterocycles. The van der Waals surface area contributed by atoms with Crippen LogP contribution in [0.1, 0.15) is 25.8 Å². The van der Waals surface area contributed by atoms with Gasteiger partial charge in [-0.3, -0.25) is 9.69 Å². The van der Waals surface area contributed by atoms with Gasteiger partial charge in [0.05, 0.1) is 40.4 Å². The number of thiocarbonyl (C=S) groups is 1. The van der Waals surface area contributed by atoms with Gasteiger partial charge in [-0.2, -0.15) is 0 Å². The first-order valence-electron chi connectivity index (χ1n) is 9.60. The second kappa shape index (κ2) is 10.7. The molecule has 5 nitrogen and oxygen atoms in total. The lowest BCUT2D eigenvalue weighted by Crippen LogP contribution is -2.27. The minimum absolute atomic E-state index is 0.211. The number of methoxy groups -OCH3 is 1. The highest BCUT2D eigenvalue weighted by Crippen LogP contribution is 2.41. The first kappa shape index (κ1) is 23.9. The van der Waals surface area contributed by atoms with Crippen molar-refractivity contribution in [3.63, 3.8) is 0 Å². The molecule has 0 aromatic heterocycles. The fraction of sp³-hybridized carbons (Fsp3) is 0.273. The molecule has 2 aromatic rings. The molecule has 1 fully saturated rings. The van der Waals surface area contributed by atoms with Crippen LogP contribution in [0.2, 0.25) is 5.02 Å². The highest BCUT2D eigenvalue weighted by molar-refractivity contribution is 9.10. The molecule has 0 aliphatic carbocycles. The molecule has 164 valence electrons. The number of benzene rings is 2. The van der Waals surface area contributed by atoms with Crippen molar-refractivity contribution in [3.05, 3.63) is 50.3 Å². The van der Waals surface area contributed by atoms with E-state index in [1.54, 1.807) is 24.3 Å². The zero-order valence-electron chi connectivity index (χ0n) is 17.2. The van der Waals surface area contributed by atoms with E-state index in [2.05, 4.69) is 15.9 Å². The van der Waals surface area contributed by atoms with Crippen LogP contribution >= 0.6 is 51.5 Å². The zero-order chi connectivity index (χ0) is 22.5. The summed E-state index contributed by atoms with van der Waals surface area (Å²) in [6.45, 7) is 5.04. The normalized spacial score (nSPS) is 15.0. The Morgan fingerprint density at radius 3 is 2.61 bits per heavy atom. The molecule has 31 heavy (non-hydrogen) atoms. The molecule has 2 aromatic carbocycles. The number of rotatable bonds is 8. The summed E-state index contributed by atoms with van der Waals surface area (Å²) in [5, 5.41) is 0.408. The standard InChI is InChI=1S/C22H21BrClNO4S2/c1-4-8-29-20-15(23)9-13(10-18(20)28-5-2)11-19-21(26)25(22(30)31-19)14-6-7-17(27-3)16(24)12-14/h6-7,9-12H,4-5,8H2,1-3H3/b19-11-. The first-order chi connectivity index (χ1) is 14.9. The summed E-state index contributed by atoms with van der Waals surface area (Å²) in [5.41, 5.74) is 1.39. The van der Waals surface area contributed by atoms with Crippen molar-refractivity contribution in [2.45, 2.75) is 20.3 Å². The third-order valence-electron chi connectivity index (χ3n) is 4.27. The van der Waals surface area contributed by atoms with Crippen molar-refractivity contribution in [3.8, 4) is 17.2 Å². The molecule has 0 atom stereocenters. The van der Waals surface area contributed by atoms with Gasteiger partial charge in [-0.1, -0.05) is 42.5 Å². The maximum absolute atomic E-state index is 13.1. The van der Waals surface area contributed by atoms with E-state index in [4.69, 9.17) is 38.0 Å². The monoisotopic (exact) mass is 541 g/mol. The first-order valence-corrected chi connectivity index (χ1v) is 12.0. The lowest BCUT2D eigenvalue weighted by molar-refractivity contribution is -0.113. The molecule has 3 rings (SSSR count). The molecular weight excluding hydrogens is 522 g/mol. The number of ether oxygens (including phenoxy) is 3. The van der Waals surface area contributed by atoms with Gasteiger partial charge < -0.3 is 14.2 Å².